The molecule has 78 heavy (non-hydrogen) atoms. The van der Waals surface area contributed by atoms with E-state index in [4.69, 9.17) is 40.1 Å². The second-order valence-electron chi connectivity index (χ2n) is 20.8. The highest BCUT2D eigenvalue weighted by molar-refractivity contribution is 5.97. The van der Waals surface area contributed by atoms with Gasteiger partial charge in [0.25, 0.3) is 0 Å². The van der Waals surface area contributed by atoms with Crippen LogP contribution < -0.4 is 61.4 Å². The Morgan fingerprint density at radius 2 is 0.974 bits per heavy atom. The van der Waals surface area contributed by atoms with Crippen LogP contribution in [0.3, 0.4) is 0 Å². The van der Waals surface area contributed by atoms with Gasteiger partial charge in [0.15, 0.2) is 35.2 Å². The van der Waals surface area contributed by atoms with Gasteiger partial charge in [0.1, 0.15) is 11.5 Å². The monoisotopic (exact) mass is 1090 g/mol. The van der Waals surface area contributed by atoms with Crippen LogP contribution in [0.5, 0.6) is 5.75 Å². The molecular weight excluding hydrogens is 1000 g/mol. The van der Waals surface area contributed by atoms with Crippen LogP contribution in [-0.2, 0) is 51.2 Å². The van der Waals surface area contributed by atoms with E-state index < -0.39 is 95.9 Å². The number of aromatic hydroxyl groups is 1. The number of aromatic nitrogens is 2. The van der Waals surface area contributed by atoms with Crippen LogP contribution >= 0.6 is 0 Å². The highest BCUT2D eigenvalue weighted by Gasteiger charge is 2.35. The molecule has 0 aliphatic rings. The number of phenolic OH excluding ortho intramolecular Hbond substituents is 1. The van der Waals surface area contributed by atoms with Crippen LogP contribution in [0.15, 0.2) is 51.8 Å². The number of aromatic amines is 1. The lowest BCUT2D eigenvalue weighted by atomic mass is 9.87. The number of hydrogen-bond donors (Lipinski definition) is 13. The molecule has 0 radical (unpaired) electrons. The molecule has 434 valence electrons. The summed E-state index contributed by atoms with van der Waals surface area (Å²) in [6, 6.07) is 2.16. The zero-order valence-electron chi connectivity index (χ0n) is 46.3. The van der Waals surface area contributed by atoms with Crippen LogP contribution in [0, 0.1) is 35.5 Å². The third kappa shape index (κ3) is 26.6. The predicted octanol–water partition coefficient (Wildman–Crippen LogP) is 0.00270. The molecule has 1 heterocycles. The number of phenols is 1. The summed E-state index contributed by atoms with van der Waals surface area (Å²) in [5.74, 6) is -8.68. The average molecular weight is 1090 g/mol. The molecular formula is C53H88N16O9. The fraction of sp³-hybridized carbons (Fsp3) is 0.623. The van der Waals surface area contributed by atoms with Gasteiger partial charge < -0.3 is 71.5 Å². The predicted molar refractivity (Wildman–Crippen MR) is 299 cm³/mol. The molecule has 8 atom stereocenters. The Hall–Kier alpha value is -7.44. The number of aliphatic imine (C=N–C) groups is 3. The van der Waals surface area contributed by atoms with Crippen LogP contribution in [0.4, 0.5) is 0 Å². The van der Waals surface area contributed by atoms with E-state index in [2.05, 4.69) is 46.2 Å². The number of benzene rings is 1. The lowest BCUT2D eigenvalue weighted by Gasteiger charge is -2.27. The first-order valence-electron chi connectivity index (χ1n) is 26.7. The molecule has 4 amide bonds. The summed E-state index contributed by atoms with van der Waals surface area (Å²) in [6.07, 6.45) is 3.14. The maximum absolute atomic E-state index is 14.7. The maximum atomic E-state index is 14.7. The van der Waals surface area contributed by atoms with Gasteiger partial charge in [0.2, 0.25) is 23.6 Å². The number of primary amides is 1. The van der Waals surface area contributed by atoms with Gasteiger partial charge in [-0.1, -0.05) is 39.8 Å². The van der Waals surface area contributed by atoms with E-state index >= 15 is 0 Å². The third-order valence-electron chi connectivity index (χ3n) is 13.1. The van der Waals surface area contributed by atoms with Crippen molar-refractivity contribution in [2.24, 2.45) is 90.6 Å². The standard InChI is InChI=1S/C53H88N16O9/c1-30(2)20-35(47(54)75)25-46(74)42(21-31(3)4)69-48(76)34(10-7-17-63-51(55)56)24-44(72)40(11-8-18-64-52(57)58)68-50(78)37(23-38-28-62-29-66-38)27-45(73)41(12-9-19-65-53(59)60)67-49(77)36(26-43(71)32(5)61-6)22-33-13-15-39(70)16-14-33/h13-16,28-32,34-37,40-42,61,70H,7-12,17-27H2,1-6H3,(H2,54,75)(H,62,66)(H,67,77)(H,68,78)(H,69,76)(H4,55,56,63)(H4,57,58,64)(H4,59,60,65)/t32-,34+,35+,36+,37+,40-,41-,42-/m0/s1. The number of H-pyrrole nitrogens is 1. The fourth-order valence-corrected chi connectivity index (χ4v) is 8.82. The summed E-state index contributed by atoms with van der Waals surface area (Å²) in [7, 11) is 1.62. The van der Waals surface area contributed by atoms with Gasteiger partial charge in [0, 0.05) is 81.4 Å². The number of likely N-dealkylation sites (N-methyl/N-ethyl adjacent to an activating group) is 1. The molecule has 25 nitrogen and oxygen atoms in total. The first kappa shape index (κ1) is 66.7. The van der Waals surface area contributed by atoms with E-state index in [0.717, 1.165) is 0 Å². The van der Waals surface area contributed by atoms with Gasteiger partial charge in [-0.2, -0.15) is 0 Å². The minimum absolute atomic E-state index is 0.00398. The zero-order valence-corrected chi connectivity index (χ0v) is 46.3. The minimum atomic E-state index is -1.24. The second kappa shape index (κ2) is 35.1. The normalized spacial score (nSPS) is 14.3. The molecule has 25 heteroatoms. The lowest BCUT2D eigenvalue weighted by molar-refractivity contribution is -0.136. The summed E-state index contributed by atoms with van der Waals surface area (Å²) in [4.78, 5) is 131. The van der Waals surface area contributed by atoms with Crippen molar-refractivity contribution in [3.05, 3.63) is 48.0 Å². The summed E-state index contributed by atoms with van der Waals surface area (Å²) in [5.41, 5.74) is 40.3. The summed E-state index contributed by atoms with van der Waals surface area (Å²) >= 11 is 0. The molecule has 0 saturated carbocycles. The number of guanidine groups is 3. The zero-order chi connectivity index (χ0) is 58.5. The maximum Gasteiger partial charge on any atom is 0.224 e. The van der Waals surface area contributed by atoms with Gasteiger partial charge >= 0.3 is 0 Å². The summed E-state index contributed by atoms with van der Waals surface area (Å²) in [5, 5.41) is 21.4. The Bertz CT molecular complexity index is 2330. The smallest absolute Gasteiger partial charge is 0.224 e. The first-order valence-corrected chi connectivity index (χ1v) is 26.7. The largest absolute Gasteiger partial charge is 0.508 e. The SMILES string of the molecule is CN[C@@H](C)C(=O)C[C@@H](Cc1ccc(O)cc1)C(=O)N[C@@H](CCCN=C(N)N)C(=O)C[C@@H](Cc1cnc[nH]1)C(=O)N[C@@H](CCCN=C(N)N)C(=O)C[C@@H](CCCN=C(N)N)C(=O)N[C@@H](CC(C)C)C(=O)C[C@@H](CC(C)C)C(N)=O. The number of hydrogen-bond acceptors (Lipinski definition) is 14. The van der Waals surface area contributed by atoms with E-state index in [-0.39, 0.29) is 137 Å². The summed E-state index contributed by atoms with van der Waals surface area (Å²) in [6.45, 7) is 9.54. The first-order chi connectivity index (χ1) is 36.8. The van der Waals surface area contributed by atoms with Gasteiger partial charge in [-0.05, 0) is 101 Å². The molecule has 0 aliphatic carbocycles. The van der Waals surface area contributed by atoms with Gasteiger partial charge in [-0.15, -0.1) is 0 Å². The highest BCUT2D eigenvalue weighted by atomic mass is 16.3. The number of ketones is 4. The van der Waals surface area contributed by atoms with E-state index in [1.54, 1.807) is 26.1 Å². The molecule has 20 N–H and O–H groups in total. The Kier molecular flexibility index (Phi) is 30.0. The quantitative estimate of drug-likeness (QED) is 0.0237. The molecule has 0 fully saturated rings. The topological polar surface area (TPSA) is 453 Å². The van der Waals surface area contributed by atoms with Crippen molar-refractivity contribution in [1.29, 1.82) is 0 Å². The number of imidazole rings is 1. The van der Waals surface area contributed by atoms with Crippen LogP contribution in [0.2, 0.25) is 0 Å². The van der Waals surface area contributed by atoms with Crippen LogP contribution in [0.25, 0.3) is 0 Å². The van der Waals surface area contributed by atoms with E-state index in [9.17, 15) is 43.5 Å². The lowest BCUT2D eigenvalue weighted by Crippen LogP contribution is -2.49. The van der Waals surface area contributed by atoms with Gasteiger partial charge in [0.05, 0.1) is 36.4 Å². The highest BCUT2D eigenvalue weighted by Crippen LogP contribution is 2.23. The number of nitrogens with one attached hydrogen (secondary N) is 5. The van der Waals surface area contributed by atoms with Crippen LogP contribution in [-0.4, -0.2) is 131 Å². The number of amides is 4. The molecule has 1 aromatic carbocycles. The van der Waals surface area contributed by atoms with Crippen LogP contribution in [0.1, 0.15) is 123 Å². The Morgan fingerprint density at radius 1 is 0.551 bits per heavy atom. The van der Waals surface area contributed by atoms with E-state index in [0.29, 0.717) is 17.7 Å². The average Bonchev–Trinajstić information content (AvgIpc) is 3.89. The molecule has 2 rings (SSSR count). The third-order valence-corrected chi connectivity index (χ3v) is 13.1. The number of carbonyl (C=O) groups is 8. The fourth-order valence-electron chi connectivity index (χ4n) is 8.82. The Balaban J connectivity index is 2.60. The molecule has 0 spiro atoms. The summed E-state index contributed by atoms with van der Waals surface area (Å²) < 4.78 is 0. The van der Waals surface area contributed by atoms with E-state index in [1.807, 2.05) is 27.7 Å². The molecule has 0 bridgehead atoms. The Morgan fingerprint density at radius 3 is 1.42 bits per heavy atom. The van der Waals surface area contributed by atoms with Crippen molar-refractivity contribution in [3.8, 4) is 5.75 Å². The number of Topliss-reactive ketones (excluding diaryl/α,β-unsaturated/α-hetero) is 4. The van der Waals surface area contributed by atoms with Crippen molar-refractivity contribution in [2.45, 2.75) is 149 Å². The molecule has 0 unspecified atom stereocenters. The molecule has 0 aliphatic heterocycles. The van der Waals surface area contributed by atoms with Gasteiger partial charge in [-0.3, -0.25) is 53.3 Å². The van der Waals surface area contributed by atoms with E-state index in [1.165, 1.54) is 24.7 Å². The molecule has 1 aromatic heterocycles. The number of carbonyl (C=O) groups excluding carboxylic acids is 8. The second-order valence-corrected chi connectivity index (χ2v) is 20.8. The van der Waals surface area contributed by atoms with Crippen molar-refractivity contribution < 1.29 is 43.5 Å². The number of rotatable bonds is 40. The van der Waals surface area contributed by atoms with Crippen molar-refractivity contribution in [3.63, 3.8) is 0 Å². The van der Waals surface area contributed by atoms with Crippen molar-refractivity contribution in [1.82, 2.24) is 31.2 Å². The number of nitrogens with two attached hydrogens (primary N) is 7. The van der Waals surface area contributed by atoms with Crippen molar-refractivity contribution in [2.75, 3.05) is 26.7 Å². The Labute approximate surface area is 457 Å². The van der Waals surface area contributed by atoms with Gasteiger partial charge in [-0.25, -0.2) is 4.98 Å². The molecule has 2 aromatic rings. The van der Waals surface area contributed by atoms with Crippen molar-refractivity contribution >= 4 is 64.6 Å². The minimum Gasteiger partial charge on any atom is -0.508 e. The molecule has 0 saturated heterocycles. The number of nitrogens with zero attached hydrogens (tertiary/aromatic N) is 4.